The van der Waals surface area contributed by atoms with Gasteiger partial charge in [-0.05, 0) is 80.5 Å². The van der Waals surface area contributed by atoms with Gasteiger partial charge in [-0.15, -0.1) is 5.10 Å². The van der Waals surface area contributed by atoms with Gasteiger partial charge in [0.1, 0.15) is 6.04 Å². The lowest BCUT2D eigenvalue weighted by molar-refractivity contribution is -0.127. The maximum absolute atomic E-state index is 13.9. The summed E-state index contributed by atoms with van der Waals surface area (Å²) >= 11 is 0. The molecule has 9 nitrogen and oxygen atoms in total. The summed E-state index contributed by atoms with van der Waals surface area (Å²) in [5, 5.41) is 17.5. The number of aromatic amines is 1. The molecule has 0 saturated carbocycles. The molecular formula is C31H39N7O2. The fraction of sp³-hybridized carbons (Fsp3) is 0.452. The Hall–Kier alpha value is -4.01. The zero-order valence-electron chi connectivity index (χ0n) is 24.1. The van der Waals surface area contributed by atoms with Crippen molar-refractivity contribution in [2.45, 2.75) is 90.8 Å². The van der Waals surface area contributed by atoms with E-state index in [2.05, 4.69) is 64.1 Å². The Morgan fingerprint density at radius 1 is 1.05 bits per heavy atom. The van der Waals surface area contributed by atoms with Gasteiger partial charge in [0.2, 0.25) is 5.91 Å². The first-order chi connectivity index (χ1) is 19.2. The highest BCUT2D eigenvalue weighted by Gasteiger charge is 2.35. The van der Waals surface area contributed by atoms with E-state index in [1.165, 1.54) is 0 Å². The molecule has 2 unspecified atom stereocenters. The number of unbranched alkanes of at least 4 members (excludes halogenated alkanes) is 1. The average molecular weight is 542 g/mol. The van der Waals surface area contributed by atoms with Crippen LogP contribution in [-0.2, 0) is 17.6 Å². The summed E-state index contributed by atoms with van der Waals surface area (Å²) in [6.07, 6.45) is 4.81. The van der Waals surface area contributed by atoms with E-state index in [1.807, 2.05) is 54.4 Å². The molecule has 5 rings (SSSR count). The molecule has 2 atom stereocenters. The molecule has 0 radical (unpaired) electrons. The van der Waals surface area contributed by atoms with E-state index >= 15 is 0 Å². The first kappa shape index (κ1) is 27.6. The number of benzene rings is 2. The van der Waals surface area contributed by atoms with Crippen LogP contribution in [0, 0.1) is 0 Å². The number of carbonyl (C=O) groups excluding carboxylic acids is 1. The third-order valence-electron chi connectivity index (χ3n) is 7.64. The van der Waals surface area contributed by atoms with E-state index in [1.54, 1.807) is 0 Å². The van der Waals surface area contributed by atoms with Crippen LogP contribution in [0.2, 0.25) is 0 Å². The monoisotopic (exact) mass is 541 g/mol. The lowest BCUT2D eigenvalue weighted by Gasteiger charge is -2.34. The Morgan fingerprint density at radius 3 is 2.42 bits per heavy atom. The first-order valence-electron chi connectivity index (χ1n) is 14.3. The van der Waals surface area contributed by atoms with Crippen LogP contribution in [0.3, 0.4) is 0 Å². The van der Waals surface area contributed by atoms with Crippen molar-refractivity contribution in [3.63, 3.8) is 0 Å². The van der Waals surface area contributed by atoms with Crippen LogP contribution in [0.5, 0.6) is 0 Å². The van der Waals surface area contributed by atoms with Crippen LogP contribution in [0.1, 0.15) is 89.2 Å². The van der Waals surface area contributed by atoms with E-state index < -0.39 is 0 Å². The number of aromatic nitrogens is 6. The number of tetrazole rings is 1. The van der Waals surface area contributed by atoms with Crippen molar-refractivity contribution in [1.29, 1.82) is 0 Å². The van der Waals surface area contributed by atoms with E-state index in [-0.39, 0.29) is 29.1 Å². The van der Waals surface area contributed by atoms with Gasteiger partial charge in [-0.25, -0.2) is 9.78 Å². The molecule has 210 valence electrons. The Morgan fingerprint density at radius 2 is 1.77 bits per heavy atom. The van der Waals surface area contributed by atoms with Gasteiger partial charge in [0.25, 0.3) is 5.56 Å². The van der Waals surface area contributed by atoms with Crippen LogP contribution >= 0.6 is 0 Å². The van der Waals surface area contributed by atoms with Gasteiger partial charge in [-0.1, -0.05) is 61.9 Å². The summed E-state index contributed by atoms with van der Waals surface area (Å²) in [5.74, 6) is 0.601. The van der Waals surface area contributed by atoms with Gasteiger partial charge in [0.15, 0.2) is 5.82 Å². The summed E-state index contributed by atoms with van der Waals surface area (Å²) < 4.78 is 3.89. The highest BCUT2D eigenvalue weighted by Crippen LogP contribution is 2.33. The van der Waals surface area contributed by atoms with Crippen molar-refractivity contribution in [3.05, 3.63) is 75.7 Å². The van der Waals surface area contributed by atoms with Crippen LogP contribution in [0.4, 0.5) is 0 Å². The zero-order valence-corrected chi connectivity index (χ0v) is 24.1. The maximum atomic E-state index is 13.9. The summed E-state index contributed by atoms with van der Waals surface area (Å²) in [5.41, 5.74) is 5.54. The minimum Gasteiger partial charge on any atom is -0.350 e. The molecule has 0 bridgehead atoms. The second kappa shape index (κ2) is 11.2. The third-order valence-corrected chi connectivity index (χ3v) is 7.64. The van der Waals surface area contributed by atoms with E-state index in [9.17, 15) is 9.59 Å². The third kappa shape index (κ3) is 5.50. The minimum atomic E-state index is -0.381. The normalized spacial score (nSPS) is 17.0. The van der Waals surface area contributed by atoms with E-state index in [4.69, 9.17) is 0 Å². The molecule has 1 aliphatic rings. The van der Waals surface area contributed by atoms with Crippen LogP contribution in [0.15, 0.2) is 53.3 Å². The zero-order chi connectivity index (χ0) is 28.4. The Balaban J connectivity index is 1.51. The number of nitrogens with zero attached hydrogens (tertiary/aromatic N) is 5. The molecule has 4 aromatic rings. The van der Waals surface area contributed by atoms with Crippen molar-refractivity contribution in [1.82, 2.24) is 35.3 Å². The molecule has 0 spiro atoms. The van der Waals surface area contributed by atoms with E-state index in [0.717, 1.165) is 65.6 Å². The fourth-order valence-corrected chi connectivity index (χ4v) is 5.73. The molecule has 2 N–H and O–H groups in total. The number of rotatable bonds is 8. The Labute approximate surface area is 235 Å². The molecule has 9 heteroatoms. The van der Waals surface area contributed by atoms with E-state index in [0.29, 0.717) is 12.2 Å². The number of fused-ring (bicyclic) bond motifs is 1. The fourth-order valence-electron chi connectivity index (χ4n) is 5.73. The molecule has 0 saturated heterocycles. The van der Waals surface area contributed by atoms with Gasteiger partial charge in [0, 0.05) is 28.8 Å². The number of amides is 1. The summed E-state index contributed by atoms with van der Waals surface area (Å²) in [6, 6.07) is 16.0. The van der Waals surface area contributed by atoms with Gasteiger partial charge in [0.05, 0.1) is 6.04 Å². The Kier molecular flexibility index (Phi) is 7.74. The quantitative estimate of drug-likeness (QED) is 0.317. The van der Waals surface area contributed by atoms with Gasteiger partial charge < -0.3 is 5.32 Å². The van der Waals surface area contributed by atoms with Gasteiger partial charge in [-0.2, -0.15) is 0 Å². The van der Waals surface area contributed by atoms with Crippen molar-refractivity contribution in [3.8, 4) is 22.5 Å². The second-order valence-corrected chi connectivity index (χ2v) is 11.9. The standard InChI is InChI=1S/C31H39N7O2/c1-6-7-12-26-25(30(40)37-20(2)13-18-27(38(26)37)29(39)32-31(3,4)5)19-21-14-16-22(17-15-21)23-10-8-9-11-24(23)28-33-35-36-34-28/h8-11,14-17,20,27H,6-7,12-13,18-19H2,1-5H3,(H,32,39)(H,33,34,35,36). The molecule has 1 aliphatic heterocycles. The van der Waals surface area contributed by atoms with Crippen LogP contribution in [-0.4, -0.2) is 41.4 Å². The van der Waals surface area contributed by atoms with Crippen LogP contribution in [0.25, 0.3) is 22.5 Å². The first-order valence-corrected chi connectivity index (χ1v) is 14.3. The summed E-state index contributed by atoms with van der Waals surface area (Å²) in [4.78, 5) is 27.3. The van der Waals surface area contributed by atoms with Crippen molar-refractivity contribution in [2.75, 3.05) is 0 Å². The van der Waals surface area contributed by atoms with Crippen molar-refractivity contribution >= 4 is 5.91 Å². The van der Waals surface area contributed by atoms with Crippen molar-refractivity contribution in [2.24, 2.45) is 0 Å². The molecule has 1 amide bonds. The molecule has 2 aromatic heterocycles. The highest BCUT2D eigenvalue weighted by atomic mass is 16.2. The topological polar surface area (TPSA) is 110 Å². The smallest absolute Gasteiger partial charge is 0.270 e. The lowest BCUT2D eigenvalue weighted by Crippen LogP contribution is -2.47. The molecular weight excluding hydrogens is 502 g/mol. The second-order valence-electron chi connectivity index (χ2n) is 11.9. The highest BCUT2D eigenvalue weighted by molar-refractivity contribution is 5.81. The minimum absolute atomic E-state index is 0.0163. The summed E-state index contributed by atoms with van der Waals surface area (Å²) in [7, 11) is 0. The maximum Gasteiger partial charge on any atom is 0.270 e. The average Bonchev–Trinajstić information content (AvgIpc) is 3.55. The number of hydrogen-bond donors (Lipinski definition) is 2. The molecule has 3 heterocycles. The van der Waals surface area contributed by atoms with Gasteiger partial charge in [-0.3, -0.25) is 14.3 Å². The lowest BCUT2D eigenvalue weighted by atomic mass is 9.96. The number of hydrogen-bond acceptors (Lipinski definition) is 5. The number of H-pyrrole nitrogens is 1. The summed E-state index contributed by atoms with van der Waals surface area (Å²) in [6.45, 7) is 10.2. The molecule has 0 fully saturated rings. The largest absolute Gasteiger partial charge is 0.350 e. The van der Waals surface area contributed by atoms with Crippen molar-refractivity contribution < 1.29 is 4.79 Å². The van der Waals surface area contributed by atoms with Gasteiger partial charge >= 0.3 is 0 Å². The predicted octanol–water partition coefficient (Wildman–Crippen LogP) is 5.24. The van der Waals surface area contributed by atoms with Crippen LogP contribution < -0.4 is 10.9 Å². The Bertz CT molecular complexity index is 1530. The molecule has 40 heavy (non-hydrogen) atoms. The molecule has 2 aromatic carbocycles. The number of carbonyl (C=O) groups is 1. The number of nitrogens with one attached hydrogen (secondary N) is 2. The SMILES string of the molecule is CCCCc1c(Cc2ccc(-c3ccccc3-c3nnn[nH]3)cc2)c(=O)n2n1C(C(=O)NC(C)(C)C)CCC2C. The molecule has 0 aliphatic carbocycles. The predicted molar refractivity (Wildman–Crippen MR) is 156 cm³/mol.